The molecule has 0 aliphatic heterocycles. The van der Waals surface area contributed by atoms with Crippen molar-refractivity contribution < 1.29 is 129 Å². The van der Waals surface area contributed by atoms with Gasteiger partial charge in [-0.15, -0.1) is 0 Å². The fraction of sp³-hybridized carbons (Fsp3) is 0.500. The molecule has 0 saturated carbocycles. The van der Waals surface area contributed by atoms with E-state index in [0.29, 0.717) is 10.4 Å². The summed E-state index contributed by atoms with van der Waals surface area (Å²) in [5, 5.41) is 0.736. The van der Waals surface area contributed by atoms with Crippen molar-refractivity contribution in [1.82, 2.24) is 0 Å². The van der Waals surface area contributed by atoms with Gasteiger partial charge in [-0.05, 0) is 16.4 Å². The Balaban J connectivity index is 0. The fourth-order valence-corrected chi connectivity index (χ4v) is 8.91. The summed E-state index contributed by atoms with van der Waals surface area (Å²) in [6, 6.07) is 2.24. The minimum absolute atomic E-state index is 0. The predicted molar refractivity (Wildman–Crippen MR) is 88.3 cm³/mol. The van der Waals surface area contributed by atoms with Crippen LogP contribution in [0.2, 0.25) is 39.3 Å². The molecule has 0 N–H and O–H groups in total. The summed E-state index contributed by atoms with van der Waals surface area (Å²) >= 11 is 0. The molecule has 0 aromatic heterocycles. The van der Waals surface area contributed by atoms with Crippen LogP contribution in [0, 0.1) is 0 Å². The second-order valence-corrected chi connectivity index (χ2v) is 20.0. The molecule has 0 unspecified atom stereocenters. The summed E-state index contributed by atoms with van der Waals surface area (Å²) in [6.07, 6.45) is 0. The zero-order valence-corrected chi connectivity index (χ0v) is 25.3. The normalized spacial score (nSPS) is 13.0. The SMILES string of the molecule is C[Si](C)(C)c1cc([Si](C)(C)C)c(S(=O)(=O)[O-])cc1S(=O)(=O)[O-].[K+].[K+]. The summed E-state index contributed by atoms with van der Waals surface area (Å²) in [5.41, 5.74) is 0. The van der Waals surface area contributed by atoms with Crippen LogP contribution in [0.5, 0.6) is 0 Å². The van der Waals surface area contributed by atoms with Gasteiger partial charge in [-0.25, -0.2) is 16.8 Å². The molecule has 0 radical (unpaired) electrons. The van der Waals surface area contributed by atoms with E-state index in [-0.39, 0.29) is 103 Å². The summed E-state index contributed by atoms with van der Waals surface area (Å²) in [7, 11) is -14.2. The van der Waals surface area contributed by atoms with Gasteiger partial charge in [0.15, 0.2) is 0 Å². The van der Waals surface area contributed by atoms with E-state index in [1.165, 1.54) is 6.07 Å². The number of hydrogen-bond acceptors (Lipinski definition) is 6. The first-order valence-electron chi connectivity index (χ1n) is 6.56. The van der Waals surface area contributed by atoms with Crippen LogP contribution in [0.1, 0.15) is 0 Å². The molecule has 0 aliphatic rings. The minimum Gasteiger partial charge on any atom is -0.744 e. The molecule has 126 valence electrons. The van der Waals surface area contributed by atoms with E-state index >= 15 is 0 Å². The van der Waals surface area contributed by atoms with Crippen molar-refractivity contribution in [2.24, 2.45) is 0 Å². The maximum atomic E-state index is 11.5. The van der Waals surface area contributed by atoms with Crippen LogP contribution >= 0.6 is 0 Å². The molecule has 12 heteroatoms. The Morgan fingerprint density at radius 2 is 0.917 bits per heavy atom. The van der Waals surface area contributed by atoms with E-state index in [4.69, 9.17) is 0 Å². The van der Waals surface area contributed by atoms with Gasteiger partial charge >= 0.3 is 103 Å². The van der Waals surface area contributed by atoms with Crippen LogP contribution in [0.3, 0.4) is 0 Å². The van der Waals surface area contributed by atoms with Gasteiger partial charge in [-0.3, -0.25) is 0 Å². The van der Waals surface area contributed by atoms with E-state index in [0.717, 1.165) is 6.07 Å². The molecule has 24 heavy (non-hydrogen) atoms. The largest absolute Gasteiger partial charge is 1.00 e. The van der Waals surface area contributed by atoms with Gasteiger partial charge in [0.05, 0.1) is 25.9 Å². The van der Waals surface area contributed by atoms with E-state index in [9.17, 15) is 25.9 Å². The molecular weight excluding hydrogens is 439 g/mol. The van der Waals surface area contributed by atoms with Gasteiger partial charge in [-0.2, -0.15) is 0 Å². The zero-order valence-electron chi connectivity index (χ0n) is 15.4. The van der Waals surface area contributed by atoms with Crippen LogP contribution in [0.25, 0.3) is 0 Å². The Labute approximate surface area is 231 Å². The summed E-state index contributed by atoms with van der Waals surface area (Å²) < 4.78 is 69.1. The zero-order chi connectivity index (χ0) is 17.7. The molecule has 1 rings (SSSR count). The van der Waals surface area contributed by atoms with Crippen molar-refractivity contribution in [3.05, 3.63) is 12.1 Å². The third-order valence-corrected chi connectivity index (χ3v) is 9.41. The van der Waals surface area contributed by atoms with E-state index in [1.807, 2.05) is 39.3 Å². The molecule has 0 spiro atoms. The molecule has 0 amide bonds. The van der Waals surface area contributed by atoms with Crippen molar-refractivity contribution in [3.8, 4) is 0 Å². The van der Waals surface area contributed by atoms with Crippen LogP contribution < -0.4 is 113 Å². The van der Waals surface area contributed by atoms with Gasteiger partial charge in [0.1, 0.15) is 20.2 Å². The molecule has 0 saturated heterocycles. The Bertz CT molecular complexity index is 744. The van der Waals surface area contributed by atoms with E-state index in [2.05, 4.69) is 0 Å². The van der Waals surface area contributed by atoms with Crippen LogP contribution in [0.4, 0.5) is 0 Å². The average Bonchev–Trinajstić information content (AvgIpc) is 2.22. The molecule has 0 bridgehead atoms. The minimum atomic E-state index is -4.86. The van der Waals surface area contributed by atoms with Gasteiger partial charge in [0.2, 0.25) is 0 Å². The van der Waals surface area contributed by atoms with Crippen molar-refractivity contribution in [1.29, 1.82) is 0 Å². The molecule has 6 nitrogen and oxygen atoms in total. The van der Waals surface area contributed by atoms with Gasteiger partial charge in [-0.1, -0.05) is 45.3 Å². The first-order chi connectivity index (χ1) is 9.45. The predicted octanol–water partition coefficient (Wildman–Crippen LogP) is -5.41. The van der Waals surface area contributed by atoms with Crippen molar-refractivity contribution in [3.63, 3.8) is 0 Å². The third-order valence-electron chi connectivity index (χ3n) is 3.24. The Kier molecular flexibility index (Phi) is 11.5. The first kappa shape index (κ1) is 29.0. The second kappa shape index (κ2) is 9.50. The van der Waals surface area contributed by atoms with Crippen molar-refractivity contribution >= 4 is 46.8 Å². The van der Waals surface area contributed by atoms with Gasteiger partial charge < -0.3 is 9.11 Å². The molecule has 0 aliphatic carbocycles. The number of rotatable bonds is 4. The number of benzene rings is 1. The van der Waals surface area contributed by atoms with E-state index < -0.39 is 46.2 Å². The van der Waals surface area contributed by atoms with E-state index in [1.54, 1.807) is 0 Å². The van der Waals surface area contributed by atoms with Crippen molar-refractivity contribution in [2.75, 3.05) is 0 Å². The topological polar surface area (TPSA) is 114 Å². The Morgan fingerprint density at radius 3 is 1.08 bits per heavy atom. The molecule has 0 atom stereocenters. The van der Waals surface area contributed by atoms with Crippen LogP contribution in [-0.4, -0.2) is 42.1 Å². The maximum absolute atomic E-state index is 11.5. The first-order valence-corrected chi connectivity index (χ1v) is 16.4. The van der Waals surface area contributed by atoms with Gasteiger partial charge in [0, 0.05) is 0 Å². The number of hydrogen-bond donors (Lipinski definition) is 0. The van der Waals surface area contributed by atoms with Gasteiger partial charge in [0.25, 0.3) is 0 Å². The monoisotopic (exact) mass is 458 g/mol. The Hall–Kier alpha value is 2.75. The Morgan fingerprint density at radius 1 is 0.667 bits per heavy atom. The molecule has 0 fully saturated rings. The fourth-order valence-electron chi connectivity index (χ4n) is 2.15. The maximum Gasteiger partial charge on any atom is 1.00 e. The van der Waals surface area contributed by atoms with Crippen LogP contribution in [0.15, 0.2) is 21.9 Å². The third kappa shape index (κ3) is 7.64. The molecular formula is C12H20K2O6S2Si2. The molecule has 0 heterocycles. The summed E-state index contributed by atoms with van der Waals surface area (Å²) in [6.45, 7) is 11.1. The van der Waals surface area contributed by atoms with Crippen LogP contribution in [-0.2, 0) is 20.2 Å². The average molecular weight is 459 g/mol. The summed E-state index contributed by atoms with van der Waals surface area (Å²) in [4.78, 5) is -1.16. The molecule has 1 aromatic carbocycles. The standard InChI is InChI=1S/C12H22O6S2Si2.2K/c1-21(2,3)11-8-12(22(4,5)6)10(20(16,17)18)7-9(11)19(13,14)15;;/h7-8H,1-6H3,(H,13,14,15)(H,16,17,18);;/q;2*+1/p-2. The second-order valence-electron chi connectivity index (χ2n) is 7.25. The quantitative estimate of drug-likeness (QED) is 0.329. The smallest absolute Gasteiger partial charge is 0.744 e. The van der Waals surface area contributed by atoms with Crippen molar-refractivity contribution in [2.45, 2.75) is 49.1 Å². The molecule has 1 aromatic rings. The summed E-state index contributed by atoms with van der Waals surface area (Å²) in [5.74, 6) is 0.